The lowest BCUT2D eigenvalue weighted by Gasteiger charge is -2.16. The zero-order valence-electron chi connectivity index (χ0n) is 12.2. The van der Waals surface area contributed by atoms with Gasteiger partial charge in [-0.3, -0.25) is 9.88 Å². The Morgan fingerprint density at radius 3 is 2.65 bits per heavy atom. The van der Waals surface area contributed by atoms with Crippen LogP contribution in [0.15, 0.2) is 42.7 Å². The van der Waals surface area contributed by atoms with Crippen molar-refractivity contribution in [3.8, 4) is 0 Å². The lowest BCUT2D eigenvalue weighted by atomic mass is 10.2. The smallest absolute Gasteiger partial charge is 0.125 e. The minimum atomic E-state index is 0.844. The van der Waals surface area contributed by atoms with E-state index in [1.807, 2.05) is 36.7 Å². The van der Waals surface area contributed by atoms with Gasteiger partial charge >= 0.3 is 0 Å². The average molecular weight is 270 g/mol. The topological polar surface area (TPSA) is 41.0 Å². The third-order valence-corrected chi connectivity index (χ3v) is 2.99. The number of nitrogens with zero attached hydrogens (tertiary/aromatic N) is 3. The highest BCUT2D eigenvalue weighted by Gasteiger charge is 2.03. The lowest BCUT2D eigenvalue weighted by molar-refractivity contribution is 0.315. The van der Waals surface area contributed by atoms with Crippen LogP contribution in [0.2, 0.25) is 0 Å². The number of aromatic nitrogens is 2. The maximum absolute atomic E-state index is 4.42. The Hall–Kier alpha value is -1.94. The molecule has 0 amide bonds. The van der Waals surface area contributed by atoms with Gasteiger partial charge in [0.05, 0.1) is 5.69 Å². The highest BCUT2D eigenvalue weighted by atomic mass is 15.1. The van der Waals surface area contributed by atoms with Crippen LogP contribution in [-0.4, -0.2) is 28.5 Å². The lowest BCUT2D eigenvalue weighted by Crippen LogP contribution is -2.18. The van der Waals surface area contributed by atoms with Gasteiger partial charge in [-0.05, 0) is 37.2 Å². The summed E-state index contributed by atoms with van der Waals surface area (Å²) in [6.45, 7) is 4.83. The molecule has 0 saturated carbocycles. The van der Waals surface area contributed by atoms with E-state index in [2.05, 4.69) is 40.2 Å². The fourth-order valence-electron chi connectivity index (χ4n) is 2.01. The molecule has 0 radical (unpaired) electrons. The van der Waals surface area contributed by atoms with E-state index in [9.17, 15) is 0 Å². The molecule has 0 saturated heterocycles. The molecule has 0 aliphatic rings. The summed E-state index contributed by atoms with van der Waals surface area (Å²) in [5.74, 6) is 0.947. The second kappa shape index (κ2) is 7.60. The van der Waals surface area contributed by atoms with Crippen LogP contribution in [-0.2, 0) is 13.1 Å². The van der Waals surface area contributed by atoms with Crippen molar-refractivity contribution in [2.75, 3.05) is 18.9 Å². The number of rotatable bonds is 7. The van der Waals surface area contributed by atoms with Gasteiger partial charge in [-0.15, -0.1) is 0 Å². The second-order valence-electron chi connectivity index (χ2n) is 4.97. The van der Waals surface area contributed by atoms with Gasteiger partial charge in [0.1, 0.15) is 5.82 Å². The molecule has 1 N–H and O–H groups in total. The standard InChI is InChI=1S/C16H22N4/c1-3-9-18-16-8-7-14(11-19-16)12-20(2)13-15-6-4-5-10-17-15/h4-8,10-11H,3,9,12-13H2,1-2H3,(H,18,19). The highest BCUT2D eigenvalue weighted by molar-refractivity contribution is 5.35. The Kier molecular flexibility index (Phi) is 5.50. The van der Waals surface area contributed by atoms with Crippen molar-refractivity contribution >= 4 is 5.82 Å². The van der Waals surface area contributed by atoms with Gasteiger partial charge in [0.25, 0.3) is 0 Å². The van der Waals surface area contributed by atoms with Crippen molar-refractivity contribution < 1.29 is 0 Å². The molecule has 0 unspecified atom stereocenters. The predicted molar refractivity (Wildman–Crippen MR) is 82.4 cm³/mol. The van der Waals surface area contributed by atoms with E-state index >= 15 is 0 Å². The monoisotopic (exact) mass is 270 g/mol. The minimum absolute atomic E-state index is 0.844. The largest absolute Gasteiger partial charge is 0.370 e. The van der Waals surface area contributed by atoms with E-state index in [0.29, 0.717) is 0 Å². The molecular weight excluding hydrogens is 248 g/mol. The number of nitrogens with one attached hydrogen (secondary N) is 1. The van der Waals surface area contributed by atoms with Gasteiger partial charge < -0.3 is 5.32 Å². The van der Waals surface area contributed by atoms with Crippen LogP contribution < -0.4 is 5.32 Å². The molecule has 2 rings (SSSR count). The Labute approximate surface area is 120 Å². The summed E-state index contributed by atoms with van der Waals surface area (Å²) in [5, 5.41) is 3.28. The quantitative estimate of drug-likeness (QED) is 0.840. The molecule has 0 aromatic carbocycles. The van der Waals surface area contributed by atoms with Gasteiger partial charge in [0, 0.05) is 32.0 Å². The first kappa shape index (κ1) is 14.5. The molecule has 4 heteroatoms. The molecule has 0 atom stereocenters. The summed E-state index contributed by atoms with van der Waals surface area (Å²) in [7, 11) is 2.10. The number of anilines is 1. The summed E-state index contributed by atoms with van der Waals surface area (Å²) in [4.78, 5) is 11.0. The molecule has 106 valence electrons. The zero-order valence-corrected chi connectivity index (χ0v) is 12.2. The summed E-state index contributed by atoms with van der Waals surface area (Å²) < 4.78 is 0. The van der Waals surface area contributed by atoms with Crippen LogP contribution in [0, 0.1) is 0 Å². The molecule has 20 heavy (non-hydrogen) atoms. The van der Waals surface area contributed by atoms with Crippen molar-refractivity contribution in [3.05, 3.63) is 54.0 Å². The van der Waals surface area contributed by atoms with E-state index in [0.717, 1.165) is 37.6 Å². The van der Waals surface area contributed by atoms with E-state index in [-0.39, 0.29) is 0 Å². The molecule has 2 heterocycles. The minimum Gasteiger partial charge on any atom is -0.370 e. The Morgan fingerprint density at radius 2 is 2.00 bits per heavy atom. The zero-order chi connectivity index (χ0) is 14.2. The summed E-state index contributed by atoms with van der Waals surface area (Å²) in [6.07, 6.45) is 4.88. The van der Waals surface area contributed by atoms with Crippen molar-refractivity contribution in [1.82, 2.24) is 14.9 Å². The molecular formula is C16H22N4. The van der Waals surface area contributed by atoms with Crippen molar-refractivity contribution in [1.29, 1.82) is 0 Å². The first-order chi connectivity index (χ1) is 9.78. The Balaban J connectivity index is 1.86. The van der Waals surface area contributed by atoms with E-state index in [1.165, 1.54) is 5.56 Å². The van der Waals surface area contributed by atoms with Gasteiger partial charge in [-0.2, -0.15) is 0 Å². The first-order valence-electron chi connectivity index (χ1n) is 7.05. The maximum atomic E-state index is 4.42. The van der Waals surface area contributed by atoms with Crippen molar-refractivity contribution in [2.24, 2.45) is 0 Å². The first-order valence-corrected chi connectivity index (χ1v) is 7.05. The second-order valence-corrected chi connectivity index (χ2v) is 4.97. The van der Waals surface area contributed by atoms with Crippen LogP contribution in [0.1, 0.15) is 24.6 Å². The number of pyridine rings is 2. The van der Waals surface area contributed by atoms with E-state index in [1.54, 1.807) is 0 Å². The third-order valence-electron chi connectivity index (χ3n) is 2.99. The van der Waals surface area contributed by atoms with Gasteiger partial charge in [-0.1, -0.05) is 19.1 Å². The Morgan fingerprint density at radius 1 is 1.10 bits per heavy atom. The van der Waals surface area contributed by atoms with Crippen LogP contribution in [0.25, 0.3) is 0 Å². The summed E-state index contributed by atoms with van der Waals surface area (Å²) in [5.41, 5.74) is 2.30. The molecule has 0 aliphatic heterocycles. The van der Waals surface area contributed by atoms with E-state index < -0.39 is 0 Å². The molecule has 4 nitrogen and oxygen atoms in total. The van der Waals surface area contributed by atoms with Gasteiger partial charge in [0.2, 0.25) is 0 Å². The molecule has 2 aromatic heterocycles. The number of hydrogen-bond acceptors (Lipinski definition) is 4. The number of hydrogen-bond donors (Lipinski definition) is 1. The van der Waals surface area contributed by atoms with E-state index in [4.69, 9.17) is 0 Å². The molecule has 0 spiro atoms. The fraction of sp³-hybridized carbons (Fsp3) is 0.375. The maximum Gasteiger partial charge on any atom is 0.125 e. The predicted octanol–water partition coefficient (Wildman–Crippen LogP) is 2.93. The summed E-state index contributed by atoms with van der Waals surface area (Å²) in [6, 6.07) is 10.2. The molecule has 2 aromatic rings. The van der Waals surface area contributed by atoms with Crippen LogP contribution in [0.4, 0.5) is 5.82 Å². The van der Waals surface area contributed by atoms with Crippen LogP contribution in [0.5, 0.6) is 0 Å². The molecule has 0 fully saturated rings. The average Bonchev–Trinajstić information content (AvgIpc) is 2.47. The highest BCUT2D eigenvalue weighted by Crippen LogP contribution is 2.09. The third kappa shape index (κ3) is 4.63. The van der Waals surface area contributed by atoms with Crippen molar-refractivity contribution in [3.63, 3.8) is 0 Å². The van der Waals surface area contributed by atoms with Gasteiger partial charge in [0.15, 0.2) is 0 Å². The van der Waals surface area contributed by atoms with Gasteiger partial charge in [-0.25, -0.2) is 4.98 Å². The Bertz CT molecular complexity index is 496. The fourth-order valence-corrected chi connectivity index (χ4v) is 2.01. The SMILES string of the molecule is CCCNc1ccc(CN(C)Cc2ccccn2)cn1. The van der Waals surface area contributed by atoms with Crippen molar-refractivity contribution in [2.45, 2.75) is 26.4 Å². The normalized spacial score (nSPS) is 10.8. The van der Waals surface area contributed by atoms with Crippen LogP contribution >= 0.6 is 0 Å². The molecule has 0 aliphatic carbocycles. The summed E-state index contributed by atoms with van der Waals surface area (Å²) >= 11 is 0. The molecule has 0 bridgehead atoms. The van der Waals surface area contributed by atoms with Crippen LogP contribution in [0.3, 0.4) is 0 Å².